The fourth-order valence-corrected chi connectivity index (χ4v) is 3.78. The molecule has 1 N–H and O–H groups in total. The van der Waals surface area contributed by atoms with Crippen molar-refractivity contribution >= 4 is 29.0 Å². The summed E-state index contributed by atoms with van der Waals surface area (Å²) < 4.78 is 1.67. The molecule has 0 unspecified atom stereocenters. The smallest absolute Gasteiger partial charge is 0.262 e. The Bertz CT molecular complexity index is 870. The molecule has 0 saturated carbocycles. The highest BCUT2D eigenvalue weighted by Crippen LogP contribution is 2.21. The van der Waals surface area contributed by atoms with E-state index < -0.39 is 0 Å². The molecule has 0 radical (unpaired) electrons. The van der Waals surface area contributed by atoms with Crippen LogP contribution in [0, 0.1) is 16.6 Å². The van der Waals surface area contributed by atoms with Gasteiger partial charge in [0.1, 0.15) is 6.54 Å². The minimum atomic E-state index is -0.209. The number of aromatic nitrogens is 2. The van der Waals surface area contributed by atoms with Gasteiger partial charge in [-0.1, -0.05) is 26.0 Å². The molecule has 2 heterocycles. The Balaban J connectivity index is 1.88. The Morgan fingerprint density at radius 2 is 2.04 bits per heavy atom. The molecule has 1 aliphatic rings. The SMILES string of the molecule is C[C@@H]1CCN(C(=O)Cn2c(=S)[nH]c3ccccc3c2=O)C[C@H](C)C1. The van der Waals surface area contributed by atoms with Crippen molar-refractivity contribution in [1.82, 2.24) is 14.5 Å². The molecule has 1 aliphatic heterocycles. The van der Waals surface area contributed by atoms with E-state index in [-0.39, 0.29) is 18.0 Å². The number of carbonyl (C=O) groups excluding carboxylic acids is 1. The van der Waals surface area contributed by atoms with Crippen molar-refractivity contribution in [3.63, 3.8) is 0 Å². The molecule has 0 bridgehead atoms. The summed E-state index contributed by atoms with van der Waals surface area (Å²) in [7, 11) is 0. The van der Waals surface area contributed by atoms with E-state index in [0.29, 0.717) is 27.5 Å². The maximum atomic E-state index is 12.7. The number of nitrogens with zero attached hydrogens (tertiary/aromatic N) is 2. The van der Waals surface area contributed by atoms with E-state index in [9.17, 15) is 9.59 Å². The number of para-hydroxylation sites is 1. The monoisotopic (exact) mass is 345 g/mol. The predicted molar refractivity (Wildman–Crippen MR) is 97.5 cm³/mol. The van der Waals surface area contributed by atoms with Crippen LogP contribution < -0.4 is 5.56 Å². The number of likely N-dealkylation sites (tertiary alicyclic amines) is 1. The highest BCUT2D eigenvalue weighted by Gasteiger charge is 2.23. The first-order chi connectivity index (χ1) is 11.5. The van der Waals surface area contributed by atoms with Crippen molar-refractivity contribution in [2.24, 2.45) is 11.8 Å². The number of hydrogen-bond donors (Lipinski definition) is 1. The van der Waals surface area contributed by atoms with E-state index in [0.717, 1.165) is 25.9 Å². The summed E-state index contributed by atoms with van der Waals surface area (Å²) in [6, 6.07) is 7.23. The summed E-state index contributed by atoms with van der Waals surface area (Å²) in [6.45, 7) is 5.91. The number of H-pyrrole nitrogens is 1. The first-order valence-electron chi connectivity index (χ1n) is 8.45. The highest BCUT2D eigenvalue weighted by atomic mass is 32.1. The quantitative estimate of drug-likeness (QED) is 0.852. The molecule has 0 spiro atoms. The minimum Gasteiger partial charge on any atom is -0.341 e. The molecule has 3 rings (SSSR count). The lowest BCUT2D eigenvalue weighted by Crippen LogP contribution is -2.39. The fourth-order valence-electron chi connectivity index (χ4n) is 3.53. The van der Waals surface area contributed by atoms with Gasteiger partial charge in [-0.25, -0.2) is 0 Å². The molecule has 1 aromatic heterocycles. The van der Waals surface area contributed by atoms with Gasteiger partial charge in [0.25, 0.3) is 5.56 Å². The van der Waals surface area contributed by atoms with Gasteiger partial charge >= 0.3 is 0 Å². The first-order valence-corrected chi connectivity index (χ1v) is 8.86. The molecule has 0 aliphatic carbocycles. The molecule has 128 valence electrons. The van der Waals surface area contributed by atoms with E-state index in [2.05, 4.69) is 18.8 Å². The molecular formula is C18H23N3O2S. The van der Waals surface area contributed by atoms with Gasteiger partial charge in [-0.05, 0) is 49.0 Å². The lowest BCUT2D eigenvalue weighted by molar-refractivity contribution is -0.132. The lowest BCUT2D eigenvalue weighted by atomic mass is 9.97. The Morgan fingerprint density at radius 1 is 1.29 bits per heavy atom. The zero-order valence-electron chi connectivity index (χ0n) is 14.1. The lowest BCUT2D eigenvalue weighted by Gasteiger charge is -2.23. The van der Waals surface area contributed by atoms with Gasteiger partial charge in [0.2, 0.25) is 5.91 Å². The zero-order chi connectivity index (χ0) is 17.3. The van der Waals surface area contributed by atoms with Gasteiger partial charge < -0.3 is 9.88 Å². The number of hydrogen-bond acceptors (Lipinski definition) is 3. The van der Waals surface area contributed by atoms with Crippen molar-refractivity contribution in [2.75, 3.05) is 13.1 Å². The van der Waals surface area contributed by atoms with Crippen LogP contribution in [-0.2, 0) is 11.3 Å². The third kappa shape index (κ3) is 3.43. The Morgan fingerprint density at radius 3 is 2.83 bits per heavy atom. The maximum Gasteiger partial charge on any atom is 0.262 e. The van der Waals surface area contributed by atoms with Crippen molar-refractivity contribution in [3.05, 3.63) is 39.4 Å². The fraction of sp³-hybridized carbons (Fsp3) is 0.500. The van der Waals surface area contributed by atoms with Crippen LogP contribution in [-0.4, -0.2) is 33.4 Å². The molecule has 1 fully saturated rings. The van der Waals surface area contributed by atoms with Crippen LogP contribution in [0.2, 0.25) is 0 Å². The van der Waals surface area contributed by atoms with Gasteiger partial charge in [-0.15, -0.1) is 0 Å². The molecule has 1 amide bonds. The topological polar surface area (TPSA) is 58.1 Å². The molecular weight excluding hydrogens is 322 g/mol. The van der Waals surface area contributed by atoms with Gasteiger partial charge in [0, 0.05) is 13.1 Å². The number of rotatable bonds is 2. The average molecular weight is 345 g/mol. The molecule has 6 heteroatoms. The summed E-state index contributed by atoms with van der Waals surface area (Å²) in [5.41, 5.74) is 0.493. The number of amides is 1. The van der Waals surface area contributed by atoms with Crippen molar-refractivity contribution in [3.8, 4) is 0 Å². The van der Waals surface area contributed by atoms with E-state index >= 15 is 0 Å². The summed E-state index contributed by atoms with van der Waals surface area (Å²) in [4.78, 5) is 30.3. The molecule has 1 aromatic carbocycles. The highest BCUT2D eigenvalue weighted by molar-refractivity contribution is 7.71. The zero-order valence-corrected chi connectivity index (χ0v) is 14.9. The van der Waals surface area contributed by atoms with Gasteiger partial charge in [-0.3, -0.25) is 14.2 Å². The van der Waals surface area contributed by atoms with Crippen LogP contribution >= 0.6 is 12.2 Å². The normalized spacial score (nSPS) is 21.7. The largest absolute Gasteiger partial charge is 0.341 e. The Hall–Kier alpha value is -1.95. The van der Waals surface area contributed by atoms with Gasteiger partial charge in [0.15, 0.2) is 4.77 Å². The second-order valence-electron chi connectivity index (χ2n) is 6.94. The van der Waals surface area contributed by atoms with Gasteiger partial charge in [0.05, 0.1) is 10.9 Å². The van der Waals surface area contributed by atoms with Crippen LogP contribution in [0.25, 0.3) is 10.9 Å². The average Bonchev–Trinajstić information content (AvgIpc) is 2.71. The molecule has 2 aromatic rings. The molecule has 24 heavy (non-hydrogen) atoms. The third-order valence-electron chi connectivity index (χ3n) is 4.76. The maximum absolute atomic E-state index is 12.7. The summed E-state index contributed by atoms with van der Waals surface area (Å²) in [6.07, 6.45) is 2.15. The van der Waals surface area contributed by atoms with Gasteiger partial charge in [-0.2, -0.15) is 0 Å². The van der Waals surface area contributed by atoms with Crippen LogP contribution in [0.3, 0.4) is 0 Å². The third-order valence-corrected chi connectivity index (χ3v) is 5.09. The number of fused-ring (bicyclic) bond motifs is 1. The van der Waals surface area contributed by atoms with E-state index in [1.165, 1.54) is 4.57 Å². The van der Waals surface area contributed by atoms with E-state index in [4.69, 9.17) is 12.2 Å². The summed E-state index contributed by atoms with van der Waals surface area (Å²) in [5.74, 6) is 1.08. The standard InChI is InChI=1S/C18H23N3O2S/c1-12-7-8-20(10-13(2)9-12)16(22)11-21-17(23)14-5-3-4-6-15(14)19-18(21)24/h3-6,12-13H,7-11H2,1-2H3,(H,19,24)/t12-,13-/m1/s1. The van der Waals surface area contributed by atoms with Crippen LogP contribution in [0.1, 0.15) is 26.7 Å². The summed E-state index contributed by atoms with van der Waals surface area (Å²) in [5, 5.41) is 0.553. The molecule has 1 saturated heterocycles. The molecule has 5 nitrogen and oxygen atoms in total. The van der Waals surface area contributed by atoms with Crippen molar-refractivity contribution < 1.29 is 4.79 Å². The number of aromatic amines is 1. The van der Waals surface area contributed by atoms with E-state index in [1.807, 2.05) is 23.1 Å². The summed E-state index contributed by atoms with van der Waals surface area (Å²) >= 11 is 5.29. The predicted octanol–water partition coefficient (Wildman–Crippen LogP) is 2.95. The number of benzene rings is 1. The van der Waals surface area contributed by atoms with Crippen molar-refractivity contribution in [2.45, 2.75) is 33.2 Å². The van der Waals surface area contributed by atoms with Crippen LogP contribution in [0.15, 0.2) is 29.1 Å². The van der Waals surface area contributed by atoms with Crippen LogP contribution in [0.5, 0.6) is 0 Å². The second-order valence-corrected chi connectivity index (χ2v) is 7.33. The van der Waals surface area contributed by atoms with Crippen LogP contribution in [0.4, 0.5) is 0 Å². The van der Waals surface area contributed by atoms with E-state index in [1.54, 1.807) is 6.07 Å². The number of nitrogens with one attached hydrogen (secondary N) is 1. The first kappa shape index (κ1) is 16.9. The Labute approximate surface area is 146 Å². The second kappa shape index (κ2) is 6.89. The Kier molecular flexibility index (Phi) is 4.85. The minimum absolute atomic E-state index is 0.000101. The molecule has 2 atom stereocenters. The van der Waals surface area contributed by atoms with Crippen molar-refractivity contribution in [1.29, 1.82) is 0 Å². The number of carbonyl (C=O) groups is 1.